The van der Waals surface area contributed by atoms with Crippen molar-refractivity contribution in [3.63, 3.8) is 0 Å². The van der Waals surface area contributed by atoms with E-state index in [1.807, 2.05) is 0 Å². The molecule has 1 aliphatic heterocycles. The molecule has 2 N–H and O–H groups in total. The van der Waals surface area contributed by atoms with Crippen LogP contribution >= 0.6 is 0 Å². The maximum atomic E-state index is 12.6. The van der Waals surface area contributed by atoms with Crippen LogP contribution in [0.15, 0.2) is 12.4 Å². The zero-order valence-electron chi connectivity index (χ0n) is 8.36. The van der Waals surface area contributed by atoms with Crippen molar-refractivity contribution < 1.29 is 4.39 Å². The maximum absolute atomic E-state index is 12.6. The van der Waals surface area contributed by atoms with E-state index < -0.39 is 5.82 Å². The van der Waals surface area contributed by atoms with Gasteiger partial charge < -0.3 is 10.6 Å². The van der Waals surface area contributed by atoms with Crippen LogP contribution in [0.4, 0.5) is 10.3 Å². The molecule has 1 aromatic rings. The minimum atomic E-state index is -0.400. The van der Waals surface area contributed by atoms with Crippen LogP contribution < -0.4 is 10.6 Å². The van der Waals surface area contributed by atoms with Gasteiger partial charge in [0.1, 0.15) is 0 Å². The fourth-order valence-corrected chi connectivity index (χ4v) is 2.30. The van der Waals surface area contributed by atoms with Crippen LogP contribution in [0, 0.1) is 11.2 Å². The molecule has 0 aromatic carbocycles. The third-order valence-electron chi connectivity index (χ3n) is 3.49. The number of nitrogens with two attached hydrogens (primary N) is 1. The molecule has 4 nitrogen and oxygen atoms in total. The predicted molar refractivity (Wildman–Crippen MR) is 53.8 cm³/mol. The number of anilines is 1. The lowest BCUT2D eigenvalue weighted by Gasteiger charge is -2.14. The third kappa shape index (κ3) is 1.38. The average Bonchev–Trinajstić information content (AvgIpc) is 2.91. The van der Waals surface area contributed by atoms with E-state index in [1.54, 1.807) is 0 Å². The van der Waals surface area contributed by atoms with E-state index in [2.05, 4.69) is 14.9 Å². The van der Waals surface area contributed by atoms with Gasteiger partial charge in [-0.15, -0.1) is 0 Å². The molecule has 0 bridgehead atoms. The van der Waals surface area contributed by atoms with Gasteiger partial charge in [0.2, 0.25) is 5.95 Å². The van der Waals surface area contributed by atoms with E-state index in [0.717, 1.165) is 13.1 Å². The zero-order valence-corrected chi connectivity index (χ0v) is 8.36. The van der Waals surface area contributed by atoms with Crippen LogP contribution in [0.25, 0.3) is 0 Å². The molecular formula is C10H13FN4. The second kappa shape index (κ2) is 2.88. The highest BCUT2D eigenvalue weighted by Gasteiger charge is 2.53. The van der Waals surface area contributed by atoms with Crippen LogP contribution in [-0.4, -0.2) is 29.1 Å². The smallest absolute Gasteiger partial charge is 0.225 e. The van der Waals surface area contributed by atoms with Gasteiger partial charge in [-0.3, -0.25) is 0 Å². The Balaban J connectivity index is 1.82. The van der Waals surface area contributed by atoms with Crippen molar-refractivity contribution in [1.29, 1.82) is 0 Å². The monoisotopic (exact) mass is 208 g/mol. The van der Waals surface area contributed by atoms with Crippen LogP contribution in [0.5, 0.6) is 0 Å². The van der Waals surface area contributed by atoms with Crippen LogP contribution in [-0.2, 0) is 0 Å². The third-order valence-corrected chi connectivity index (χ3v) is 3.49. The molecule has 3 rings (SSSR count). The zero-order chi connectivity index (χ0) is 10.5. The van der Waals surface area contributed by atoms with E-state index >= 15 is 0 Å². The lowest BCUT2D eigenvalue weighted by Crippen LogP contribution is -2.30. The second-order valence-electron chi connectivity index (χ2n) is 4.55. The molecule has 2 aliphatic rings. The summed E-state index contributed by atoms with van der Waals surface area (Å²) in [4.78, 5) is 10.00. The van der Waals surface area contributed by atoms with Crippen molar-refractivity contribution in [2.75, 3.05) is 18.0 Å². The molecule has 1 saturated heterocycles. The van der Waals surface area contributed by atoms with Gasteiger partial charge in [0.05, 0.1) is 12.4 Å². The fraction of sp³-hybridized carbons (Fsp3) is 0.600. The van der Waals surface area contributed by atoms with Gasteiger partial charge in [0.25, 0.3) is 0 Å². The van der Waals surface area contributed by atoms with Crippen molar-refractivity contribution in [1.82, 2.24) is 9.97 Å². The first-order valence-electron chi connectivity index (χ1n) is 5.18. The Morgan fingerprint density at radius 1 is 1.40 bits per heavy atom. The molecular weight excluding hydrogens is 195 g/mol. The molecule has 0 amide bonds. The fourth-order valence-electron chi connectivity index (χ4n) is 2.30. The van der Waals surface area contributed by atoms with Crippen LogP contribution in [0.1, 0.15) is 12.8 Å². The summed E-state index contributed by atoms with van der Waals surface area (Å²) in [6, 6.07) is 0.214. The Labute approximate surface area is 87.3 Å². The molecule has 80 valence electrons. The number of nitrogens with zero attached hydrogens (tertiary/aromatic N) is 3. The molecule has 5 heteroatoms. The minimum Gasteiger partial charge on any atom is -0.339 e. The van der Waals surface area contributed by atoms with Crippen molar-refractivity contribution in [3.8, 4) is 0 Å². The van der Waals surface area contributed by atoms with Crippen LogP contribution in [0.3, 0.4) is 0 Å². The van der Waals surface area contributed by atoms with Crippen LogP contribution in [0.2, 0.25) is 0 Å². The van der Waals surface area contributed by atoms with Gasteiger partial charge >= 0.3 is 0 Å². The van der Waals surface area contributed by atoms with Crippen molar-refractivity contribution in [2.45, 2.75) is 18.9 Å². The van der Waals surface area contributed by atoms with Gasteiger partial charge in [-0.2, -0.15) is 0 Å². The number of hydrogen-bond donors (Lipinski definition) is 1. The highest BCUT2D eigenvalue weighted by atomic mass is 19.1. The Morgan fingerprint density at radius 2 is 2.07 bits per heavy atom. The lowest BCUT2D eigenvalue weighted by molar-refractivity contribution is 0.499. The standard InChI is InChI=1S/C10H13FN4/c11-7-3-13-9(14-4-7)15-5-8(12)10(6-15)1-2-10/h3-4,8H,1-2,5-6,12H2/t8-/m0/s1. The van der Waals surface area contributed by atoms with Gasteiger partial charge in [-0.25, -0.2) is 14.4 Å². The second-order valence-corrected chi connectivity index (χ2v) is 4.55. The summed E-state index contributed by atoms with van der Waals surface area (Å²) in [6.07, 6.45) is 4.80. The Hall–Kier alpha value is -1.23. The highest BCUT2D eigenvalue weighted by Crippen LogP contribution is 2.52. The molecule has 1 aromatic heterocycles. The quantitative estimate of drug-likeness (QED) is 0.732. The molecule has 15 heavy (non-hydrogen) atoms. The first kappa shape index (κ1) is 9.03. The minimum absolute atomic E-state index is 0.214. The van der Waals surface area contributed by atoms with Gasteiger partial charge in [0.15, 0.2) is 5.82 Å². The van der Waals surface area contributed by atoms with Gasteiger partial charge in [-0.1, -0.05) is 0 Å². The normalized spacial score (nSPS) is 27.3. The lowest BCUT2D eigenvalue weighted by atomic mass is 10.0. The number of hydrogen-bond acceptors (Lipinski definition) is 4. The molecule has 1 aliphatic carbocycles. The Bertz CT molecular complexity index is 374. The first-order chi connectivity index (χ1) is 7.20. The molecule has 1 spiro atoms. The summed E-state index contributed by atoms with van der Waals surface area (Å²) in [7, 11) is 0. The van der Waals surface area contributed by atoms with E-state index in [4.69, 9.17) is 5.73 Å². The van der Waals surface area contributed by atoms with E-state index in [0.29, 0.717) is 11.4 Å². The Kier molecular flexibility index (Phi) is 1.74. The first-order valence-corrected chi connectivity index (χ1v) is 5.18. The molecule has 1 atom stereocenters. The summed E-state index contributed by atoms with van der Waals surface area (Å²) in [6.45, 7) is 1.70. The van der Waals surface area contributed by atoms with Gasteiger partial charge in [-0.05, 0) is 12.8 Å². The molecule has 0 radical (unpaired) electrons. The van der Waals surface area contributed by atoms with E-state index in [-0.39, 0.29) is 6.04 Å². The molecule has 2 heterocycles. The predicted octanol–water partition coefficient (Wildman–Crippen LogP) is 0.543. The van der Waals surface area contributed by atoms with Gasteiger partial charge in [0, 0.05) is 24.5 Å². The molecule has 2 fully saturated rings. The van der Waals surface area contributed by atoms with E-state index in [9.17, 15) is 4.39 Å². The Morgan fingerprint density at radius 3 is 2.60 bits per heavy atom. The summed E-state index contributed by atoms with van der Waals surface area (Å²) >= 11 is 0. The number of aromatic nitrogens is 2. The summed E-state index contributed by atoms with van der Waals surface area (Å²) < 4.78 is 12.6. The van der Waals surface area contributed by atoms with E-state index in [1.165, 1.54) is 25.2 Å². The largest absolute Gasteiger partial charge is 0.339 e. The van der Waals surface area contributed by atoms with Crippen molar-refractivity contribution in [2.24, 2.45) is 11.1 Å². The average molecular weight is 208 g/mol. The summed E-state index contributed by atoms with van der Waals surface area (Å²) in [5.41, 5.74) is 6.36. The molecule has 0 unspecified atom stereocenters. The van der Waals surface area contributed by atoms with Crippen molar-refractivity contribution in [3.05, 3.63) is 18.2 Å². The maximum Gasteiger partial charge on any atom is 0.225 e. The summed E-state index contributed by atoms with van der Waals surface area (Å²) in [5.74, 6) is 0.194. The van der Waals surface area contributed by atoms with Crippen molar-refractivity contribution >= 4 is 5.95 Å². The molecule has 1 saturated carbocycles. The SMILES string of the molecule is N[C@H]1CN(c2ncc(F)cn2)CC12CC2. The topological polar surface area (TPSA) is 55.0 Å². The summed E-state index contributed by atoms with van der Waals surface area (Å²) in [5, 5.41) is 0. The number of rotatable bonds is 1. The highest BCUT2D eigenvalue weighted by molar-refractivity contribution is 5.35. The number of halogens is 1.